The Morgan fingerprint density at radius 3 is 2.38 bits per heavy atom. The van der Waals surface area contributed by atoms with Crippen LogP contribution in [0.3, 0.4) is 0 Å². The zero-order chi connectivity index (χ0) is 23.0. The van der Waals surface area contributed by atoms with Gasteiger partial charge in [0, 0.05) is 11.3 Å². The van der Waals surface area contributed by atoms with Crippen molar-refractivity contribution in [2.24, 2.45) is 0 Å². The predicted molar refractivity (Wildman–Crippen MR) is 120 cm³/mol. The number of aryl methyl sites for hydroxylation is 2. The summed E-state index contributed by atoms with van der Waals surface area (Å²) in [5, 5.41) is 11.3. The van der Waals surface area contributed by atoms with Crippen LogP contribution in [-0.4, -0.2) is 23.9 Å². The molecule has 1 aliphatic rings. The third kappa shape index (κ3) is 3.54. The fourth-order valence-corrected chi connectivity index (χ4v) is 4.09. The second-order valence-corrected chi connectivity index (χ2v) is 7.69. The summed E-state index contributed by atoms with van der Waals surface area (Å²) < 4.78 is 19.2. The molecule has 4 rings (SSSR count). The van der Waals surface area contributed by atoms with Crippen molar-refractivity contribution in [2.75, 3.05) is 12.0 Å². The Bertz CT molecular complexity index is 1260. The van der Waals surface area contributed by atoms with Gasteiger partial charge in [-0.15, -0.1) is 0 Å². The van der Waals surface area contributed by atoms with Crippen LogP contribution in [-0.2, 0) is 9.59 Å². The number of benzene rings is 3. The Morgan fingerprint density at radius 1 is 0.969 bits per heavy atom. The number of ether oxygens (including phenoxy) is 1. The summed E-state index contributed by atoms with van der Waals surface area (Å²) in [6.45, 7) is 3.64. The van der Waals surface area contributed by atoms with Crippen molar-refractivity contribution < 1.29 is 23.8 Å². The second-order valence-electron chi connectivity index (χ2n) is 7.69. The van der Waals surface area contributed by atoms with E-state index in [4.69, 9.17) is 4.74 Å². The third-order valence-electron chi connectivity index (χ3n) is 5.70. The number of aliphatic hydroxyl groups excluding tert-OH is 1. The largest absolute Gasteiger partial charge is 0.507 e. The Kier molecular flexibility index (Phi) is 5.53. The molecule has 0 aromatic heterocycles. The molecule has 3 aromatic rings. The SMILES string of the molecule is COc1ccc(/C(O)=C2\C(=O)C(=O)N(c3cccc(F)c3)C2c2ccccc2C)c(C)c1. The molecule has 0 spiro atoms. The summed E-state index contributed by atoms with van der Waals surface area (Å²) in [7, 11) is 1.54. The average molecular weight is 431 g/mol. The molecular weight excluding hydrogens is 409 g/mol. The lowest BCUT2D eigenvalue weighted by Gasteiger charge is -2.26. The monoisotopic (exact) mass is 431 g/mol. The summed E-state index contributed by atoms with van der Waals surface area (Å²) in [4.78, 5) is 27.6. The molecule has 1 aliphatic heterocycles. The van der Waals surface area contributed by atoms with Crippen molar-refractivity contribution in [2.45, 2.75) is 19.9 Å². The normalized spacial score (nSPS) is 17.6. The number of Topliss-reactive ketones (excluding diaryl/α,β-unsaturated/α-hetero) is 1. The van der Waals surface area contributed by atoms with Gasteiger partial charge in [0.15, 0.2) is 0 Å². The van der Waals surface area contributed by atoms with Crippen molar-refractivity contribution in [3.05, 3.63) is 100 Å². The molecule has 1 unspecified atom stereocenters. The highest BCUT2D eigenvalue weighted by Crippen LogP contribution is 2.43. The number of carbonyl (C=O) groups excluding carboxylic acids is 2. The highest BCUT2D eigenvalue weighted by molar-refractivity contribution is 6.51. The maximum absolute atomic E-state index is 14.0. The molecule has 0 radical (unpaired) electrons. The maximum atomic E-state index is 14.0. The van der Waals surface area contributed by atoms with E-state index in [0.717, 1.165) is 5.56 Å². The maximum Gasteiger partial charge on any atom is 0.300 e. The van der Waals surface area contributed by atoms with E-state index in [1.165, 1.54) is 30.2 Å². The Labute approximate surface area is 185 Å². The van der Waals surface area contributed by atoms with Crippen LogP contribution in [0.25, 0.3) is 5.76 Å². The molecule has 0 bridgehead atoms. The number of methoxy groups -OCH3 is 1. The number of hydrogen-bond donors (Lipinski definition) is 1. The van der Waals surface area contributed by atoms with E-state index in [1.807, 2.05) is 19.1 Å². The van der Waals surface area contributed by atoms with E-state index in [9.17, 15) is 19.1 Å². The molecule has 32 heavy (non-hydrogen) atoms. The summed E-state index contributed by atoms with van der Waals surface area (Å²) in [5.41, 5.74) is 2.80. The van der Waals surface area contributed by atoms with Crippen LogP contribution in [0.5, 0.6) is 5.75 Å². The lowest BCUT2D eigenvalue weighted by atomic mass is 9.91. The first kappa shape index (κ1) is 21.3. The van der Waals surface area contributed by atoms with Crippen molar-refractivity contribution in [1.82, 2.24) is 0 Å². The number of aliphatic hydroxyl groups is 1. The lowest BCUT2D eigenvalue weighted by Crippen LogP contribution is -2.29. The van der Waals surface area contributed by atoms with Gasteiger partial charge in [-0.25, -0.2) is 4.39 Å². The number of ketones is 1. The average Bonchev–Trinajstić information content (AvgIpc) is 3.04. The summed E-state index contributed by atoms with van der Waals surface area (Å²) in [6.07, 6.45) is 0. The van der Waals surface area contributed by atoms with Gasteiger partial charge in [0.1, 0.15) is 17.3 Å². The number of nitrogens with zero attached hydrogens (tertiary/aromatic N) is 1. The molecule has 1 fully saturated rings. The summed E-state index contributed by atoms with van der Waals surface area (Å²) in [5.74, 6) is -1.85. The van der Waals surface area contributed by atoms with Crippen molar-refractivity contribution in [3.8, 4) is 5.75 Å². The Balaban J connectivity index is 1.98. The fourth-order valence-electron chi connectivity index (χ4n) is 4.09. The Hall–Kier alpha value is -3.93. The second kappa shape index (κ2) is 8.30. The van der Waals surface area contributed by atoms with Crippen molar-refractivity contribution in [3.63, 3.8) is 0 Å². The van der Waals surface area contributed by atoms with Gasteiger partial charge < -0.3 is 9.84 Å². The van der Waals surface area contributed by atoms with Gasteiger partial charge in [0.05, 0.1) is 18.7 Å². The first-order valence-corrected chi connectivity index (χ1v) is 10.1. The highest BCUT2D eigenvalue weighted by Gasteiger charge is 2.47. The van der Waals surface area contributed by atoms with Gasteiger partial charge in [0.2, 0.25) is 0 Å². The van der Waals surface area contributed by atoms with Crippen LogP contribution < -0.4 is 9.64 Å². The minimum Gasteiger partial charge on any atom is -0.507 e. The molecule has 1 heterocycles. The molecule has 162 valence electrons. The van der Waals surface area contributed by atoms with E-state index >= 15 is 0 Å². The standard InChI is InChI=1S/C26H22FNO4/c1-15-7-4-5-10-20(15)23-22(24(29)21-12-11-19(32-3)13-16(21)2)25(30)26(31)28(23)18-9-6-8-17(27)14-18/h4-14,23,29H,1-3H3/b24-22+. The molecule has 0 aliphatic carbocycles. The van der Waals surface area contributed by atoms with Crippen LogP contribution in [0.15, 0.2) is 72.3 Å². The molecular formula is C26H22FNO4. The van der Waals surface area contributed by atoms with Gasteiger partial charge in [0.25, 0.3) is 11.7 Å². The lowest BCUT2D eigenvalue weighted by molar-refractivity contribution is -0.132. The first-order chi connectivity index (χ1) is 15.3. The van der Waals surface area contributed by atoms with E-state index in [1.54, 1.807) is 43.3 Å². The fraction of sp³-hybridized carbons (Fsp3) is 0.154. The number of anilines is 1. The van der Waals surface area contributed by atoms with E-state index in [-0.39, 0.29) is 17.0 Å². The first-order valence-electron chi connectivity index (χ1n) is 10.1. The molecule has 5 nitrogen and oxygen atoms in total. The molecule has 1 N–H and O–H groups in total. The number of rotatable bonds is 4. The number of amides is 1. The summed E-state index contributed by atoms with van der Waals surface area (Å²) in [6, 6.07) is 17.0. The number of halogens is 1. The minimum absolute atomic E-state index is 0.0400. The molecule has 1 atom stereocenters. The topological polar surface area (TPSA) is 66.8 Å². The zero-order valence-electron chi connectivity index (χ0n) is 17.9. The van der Waals surface area contributed by atoms with Gasteiger partial charge >= 0.3 is 0 Å². The number of carbonyl (C=O) groups is 2. The van der Waals surface area contributed by atoms with Crippen LogP contribution in [0, 0.1) is 19.7 Å². The Morgan fingerprint density at radius 2 is 1.72 bits per heavy atom. The van der Waals surface area contributed by atoms with Crippen LogP contribution in [0.4, 0.5) is 10.1 Å². The highest BCUT2D eigenvalue weighted by atomic mass is 19.1. The van der Waals surface area contributed by atoms with Crippen LogP contribution >= 0.6 is 0 Å². The molecule has 1 saturated heterocycles. The zero-order valence-corrected chi connectivity index (χ0v) is 17.9. The molecule has 1 amide bonds. The third-order valence-corrected chi connectivity index (χ3v) is 5.70. The molecule has 6 heteroatoms. The predicted octanol–water partition coefficient (Wildman–Crippen LogP) is 5.08. The molecule has 0 saturated carbocycles. The van der Waals surface area contributed by atoms with E-state index < -0.39 is 23.5 Å². The van der Waals surface area contributed by atoms with Crippen LogP contribution in [0.1, 0.15) is 28.3 Å². The molecule has 3 aromatic carbocycles. The minimum atomic E-state index is -0.903. The van der Waals surface area contributed by atoms with E-state index in [2.05, 4.69) is 0 Å². The smallest absolute Gasteiger partial charge is 0.300 e. The van der Waals surface area contributed by atoms with Crippen molar-refractivity contribution in [1.29, 1.82) is 0 Å². The summed E-state index contributed by atoms with van der Waals surface area (Å²) >= 11 is 0. The van der Waals surface area contributed by atoms with Gasteiger partial charge in [-0.2, -0.15) is 0 Å². The quantitative estimate of drug-likeness (QED) is 0.356. The van der Waals surface area contributed by atoms with Gasteiger partial charge in [-0.05, 0) is 66.9 Å². The van der Waals surface area contributed by atoms with Gasteiger partial charge in [-0.3, -0.25) is 14.5 Å². The van der Waals surface area contributed by atoms with E-state index in [0.29, 0.717) is 22.4 Å². The van der Waals surface area contributed by atoms with Crippen LogP contribution in [0.2, 0.25) is 0 Å². The van der Waals surface area contributed by atoms with Gasteiger partial charge in [-0.1, -0.05) is 30.3 Å². The van der Waals surface area contributed by atoms with Crippen molar-refractivity contribution >= 4 is 23.1 Å². The number of hydrogen-bond acceptors (Lipinski definition) is 4.